The van der Waals surface area contributed by atoms with E-state index in [9.17, 15) is 8.78 Å². The normalized spacial score (nSPS) is 12.7. The van der Waals surface area contributed by atoms with Crippen LogP contribution in [0, 0.1) is 13.8 Å². The van der Waals surface area contributed by atoms with E-state index in [1.807, 2.05) is 13.8 Å². The largest absolute Gasteiger partial charge is 0.209 e. The number of aryl methyl sites for hydroxylation is 2. The quantitative estimate of drug-likeness (QED) is 0.617. The second-order valence-corrected chi connectivity index (χ2v) is 3.15. The van der Waals surface area contributed by atoms with Crippen LogP contribution in [0.4, 0.5) is 8.78 Å². The molecule has 0 unspecified atom stereocenters. The zero-order valence-electron chi connectivity index (χ0n) is 7.99. The molecule has 0 saturated heterocycles. The van der Waals surface area contributed by atoms with Crippen LogP contribution < -0.4 is 0 Å². The Labute approximate surface area is 76.9 Å². The van der Waals surface area contributed by atoms with Crippen molar-refractivity contribution < 1.29 is 8.78 Å². The van der Waals surface area contributed by atoms with E-state index in [4.69, 9.17) is 0 Å². The van der Waals surface area contributed by atoms with Crippen molar-refractivity contribution in [2.75, 3.05) is 0 Å². The third-order valence-electron chi connectivity index (χ3n) is 2.06. The van der Waals surface area contributed by atoms with Crippen LogP contribution in [-0.2, 0) is 0 Å². The molecule has 0 bridgehead atoms. The standard InChI is InChI=1S/C11H12F2/c1-7-4-5-10(6-8(7)2)11(13)9(3)12/h4-6H,1-3H3/b11-9+. The van der Waals surface area contributed by atoms with Crippen LogP contribution in [0.15, 0.2) is 24.0 Å². The van der Waals surface area contributed by atoms with Crippen molar-refractivity contribution in [1.82, 2.24) is 0 Å². The van der Waals surface area contributed by atoms with Crippen LogP contribution in [0.1, 0.15) is 23.6 Å². The molecule has 0 saturated carbocycles. The predicted molar refractivity (Wildman–Crippen MR) is 50.7 cm³/mol. The first kappa shape index (κ1) is 9.90. The summed E-state index contributed by atoms with van der Waals surface area (Å²) in [5.41, 5.74) is 2.35. The Kier molecular flexibility index (Phi) is 2.81. The minimum absolute atomic E-state index is 0.308. The fraction of sp³-hybridized carbons (Fsp3) is 0.273. The molecule has 0 aliphatic carbocycles. The number of benzene rings is 1. The molecular formula is C11H12F2. The average Bonchev–Trinajstić information content (AvgIpc) is 2.08. The van der Waals surface area contributed by atoms with Crippen molar-refractivity contribution in [3.63, 3.8) is 0 Å². The summed E-state index contributed by atoms with van der Waals surface area (Å²) in [5, 5.41) is 0. The van der Waals surface area contributed by atoms with E-state index >= 15 is 0 Å². The molecule has 0 atom stereocenters. The molecule has 0 nitrogen and oxygen atoms in total. The molecule has 70 valence electrons. The lowest BCUT2D eigenvalue weighted by atomic mass is 10.1. The Morgan fingerprint density at radius 2 is 1.69 bits per heavy atom. The number of hydrogen-bond donors (Lipinski definition) is 0. The maximum atomic E-state index is 13.1. The van der Waals surface area contributed by atoms with E-state index in [1.54, 1.807) is 18.2 Å². The van der Waals surface area contributed by atoms with Crippen LogP contribution in [0.3, 0.4) is 0 Å². The summed E-state index contributed by atoms with van der Waals surface area (Å²) in [5.74, 6) is -1.55. The monoisotopic (exact) mass is 182 g/mol. The van der Waals surface area contributed by atoms with E-state index < -0.39 is 11.7 Å². The molecule has 0 aliphatic heterocycles. The zero-order valence-corrected chi connectivity index (χ0v) is 7.99. The lowest BCUT2D eigenvalue weighted by Gasteiger charge is -2.02. The predicted octanol–water partition coefficient (Wildman–Crippen LogP) is 3.93. The van der Waals surface area contributed by atoms with Gasteiger partial charge in [0.25, 0.3) is 0 Å². The van der Waals surface area contributed by atoms with Crippen LogP contribution >= 0.6 is 0 Å². The summed E-state index contributed by atoms with van der Waals surface area (Å²) in [7, 11) is 0. The van der Waals surface area contributed by atoms with Crippen molar-refractivity contribution >= 4 is 5.83 Å². The summed E-state index contributed by atoms with van der Waals surface area (Å²) in [6, 6.07) is 5.02. The zero-order chi connectivity index (χ0) is 10.0. The Balaban J connectivity index is 3.19. The van der Waals surface area contributed by atoms with Gasteiger partial charge in [-0.05, 0) is 38.0 Å². The smallest absolute Gasteiger partial charge is 0.161 e. The van der Waals surface area contributed by atoms with Gasteiger partial charge in [0.05, 0.1) is 0 Å². The maximum absolute atomic E-state index is 13.1. The lowest BCUT2D eigenvalue weighted by molar-refractivity contribution is 0.606. The Hall–Kier alpha value is -1.18. The average molecular weight is 182 g/mol. The topological polar surface area (TPSA) is 0 Å². The second-order valence-electron chi connectivity index (χ2n) is 3.15. The van der Waals surface area contributed by atoms with Crippen molar-refractivity contribution in [3.05, 3.63) is 40.7 Å². The second kappa shape index (κ2) is 3.69. The first-order valence-electron chi connectivity index (χ1n) is 4.12. The summed E-state index contributed by atoms with van der Waals surface area (Å²) >= 11 is 0. The van der Waals surface area contributed by atoms with E-state index in [0.29, 0.717) is 5.56 Å². The van der Waals surface area contributed by atoms with Gasteiger partial charge in [0.15, 0.2) is 5.83 Å². The van der Waals surface area contributed by atoms with Gasteiger partial charge in [-0.1, -0.05) is 12.1 Å². The highest BCUT2D eigenvalue weighted by Crippen LogP contribution is 2.22. The fourth-order valence-corrected chi connectivity index (χ4v) is 1.08. The van der Waals surface area contributed by atoms with Gasteiger partial charge >= 0.3 is 0 Å². The van der Waals surface area contributed by atoms with Gasteiger partial charge in [0.2, 0.25) is 0 Å². The molecule has 13 heavy (non-hydrogen) atoms. The first-order valence-corrected chi connectivity index (χ1v) is 4.12. The summed E-state index contributed by atoms with van der Waals surface area (Å²) in [6.07, 6.45) is 0. The summed E-state index contributed by atoms with van der Waals surface area (Å²) < 4.78 is 25.6. The maximum Gasteiger partial charge on any atom is 0.161 e. The number of hydrogen-bond acceptors (Lipinski definition) is 0. The van der Waals surface area contributed by atoms with Crippen LogP contribution in [-0.4, -0.2) is 0 Å². The minimum atomic E-state index is -0.775. The Morgan fingerprint density at radius 3 is 2.15 bits per heavy atom. The van der Waals surface area contributed by atoms with Gasteiger partial charge in [-0.15, -0.1) is 0 Å². The number of allylic oxidation sites excluding steroid dienone is 1. The molecule has 0 amide bonds. The highest BCUT2D eigenvalue weighted by Gasteiger charge is 2.05. The molecule has 0 heterocycles. The summed E-state index contributed by atoms with van der Waals surface area (Å²) in [4.78, 5) is 0. The van der Waals surface area contributed by atoms with Gasteiger partial charge < -0.3 is 0 Å². The van der Waals surface area contributed by atoms with Crippen molar-refractivity contribution in [2.45, 2.75) is 20.8 Å². The van der Waals surface area contributed by atoms with Gasteiger partial charge in [0.1, 0.15) is 5.83 Å². The minimum Gasteiger partial charge on any atom is -0.209 e. The molecule has 1 rings (SSSR count). The van der Waals surface area contributed by atoms with E-state index in [0.717, 1.165) is 18.1 Å². The summed E-state index contributed by atoms with van der Waals surface area (Å²) in [6.45, 7) is 4.92. The van der Waals surface area contributed by atoms with Gasteiger partial charge in [-0.3, -0.25) is 0 Å². The van der Waals surface area contributed by atoms with Crippen LogP contribution in [0.2, 0.25) is 0 Å². The highest BCUT2D eigenvalue weighted by molar-refractivity contribution is 5.61. The SMILES string of the molecule is C/C(F)=C(\F)c1ccc(C)c(C)c1. The fourth-order valence-electron chi connectivity index (χ4n) is 1.08. The first-order chi connectivity index (χ1) is 6.02. The molecule has 0 fully saturated rings. The highest BCUT2D eigenvalue weighted by atomic mass is 19.2. The molecular weight excluding hydrogens is 170 g/mol. The van der Waals surface area contributed by atoms with E-state index in [1.165, 1.54) is 0 Å². The third-order valence-corrected chi connectivity index (χ3v) is 2.06. The molecule has 2 heteroatoms. The van der Waals surface area contributed by atoms with Gasteiger partial charge in [-0.2, -0.15) is 0 Å². The Bertz CT molecular complexity index is 347. The molecule has 1 aromatic carbocycles. The third kappa shape index (κ3) is 2.14. The van der Waals surface area contributed by atoms with Crippen molar-refractivity contribution in [2.24, 2.45) is 0 Å². The van der Waals surface area contributed by atoms with Gasteiger partial charge in [-0.25, -0.2) is 8.78 Å². The number of halogens is 2. The molecule has 0 aromatic heterocycles. The number of rotatable bonds is 1. The lowest BCUT2D eigenvalue weighted by Crippen LogP contribution is -1.85. The van der Waals surface area contributed by atoms with Gasteiger partial charge in [0, 0.05) is 5.56 Å². The molecule has 0 N–H and O–H groups in total. The van der Waals surface area contributed by atoms with Crippen LogP contribution in [0.5, 0.6) is 0 Å². The molecule has 1 aromatic rings. The van der Waals surface area contributed by atoms with Crippen molar-refractivity contribution in [1.29, 1.82) is 0 Å². The molecule has 0 spiro atoms. The molecule has 0 aliphatic rings. The molecule has 0 radical (unpaired) electrons. The van der Waals surface area contributed by atoms with E-state index in [-0.39, 0.29) is 0 Å². The van der Waals surface area contributed by atoms with E-state index in [2.05, 4.69) is 0 Å². The van der Waals surface area contributed by atoms with Crippen molar-refractivity contribution in [3.8, 4) is 0 Å². The van der Waals surface area contributed by atoms with Crippen LogP contribution in [0.25, 0.3) is 5.83 Å². The Morgan fingerprint density at radius 1 is 1.08 bits per heavy atom.